The molecule has 1 atom stereocenters. The molecule has 3 aromatic rings. The van der Waals surface area contributed by atoms with Crippen LogP contribution in [-0.4, -0.2) is 42.3 Å². The van der Waals surface area contributed by atoms with Gasteiger partial charge in [-0.15, -0.1) is 0 Å². The van der Waals surface area contributed by atoms with Crippen molar-refractivity contribution in [2.75, 3.05) is 38.0 Å². The predicted octanol–water partition coefficient (Wildman–Crippen LogP) is 2.53. The molecule has 1 aliphatic rings. The first-order valence-electron chi connectivity index (χ1n) is 8.17. The van der Waals surface area contributed by atoms with Crippen molar-refractivity contribution in [1.29, 1.82) is 0 Å². The summed E-state index contributed by atoms with van der Waals surface area (Å²) in [5, 5.41) is 0.576. The Morgan fingerprint density at radius 3 is 3.04 bits per heavy atom. The van der Waals surface area contributed by atoms with Crippen molar-refractivity contribution in [2.24, 2.45) is 0 Å². The van der Waals surface area contributed by atoms with Crippen molar-refractivity contribution < 1.29 is 13.9 Å². The number of ether oxygens (including phenoxy) is 2. The van der Waals surface area contributed by atoms with Crippen molar-refractivity contribution in [3.05, 3.63) is 35.0 Å². The third-order valence-corrected chi connectivity index (χ3v) is 5.29. The van der Waals surface area contributed by atoms with Gasteiger partial charge in [-0.25, -0.2) is 15.0 Å². The van der Waals surface area contributed by atoms with Crippen LogP contribution in [0.1, 0.15) is 16.6 Å². The molecule has 0 spiro atoms. The summed E-state index contributed by atoms with van der Waals surface area (Å²) in [6.07, 6.45) is 2.47. The summed E-state index contributed by atoms with van der Waals surface area (Å²) in [5.74, 6) is 1.12. The lowest BCUT2D eigenvalue weighted by molar-refractivity contribution is 0.174. The molecule has 0 saturated carbocycles. The molecule has 9 heteroatoms. The second kappa shape index (κ2) is 6.93. The molecule has 4 heterocycles. The van der Waals surface area contributed by atoms with Crippen LogP contribution in [0.5, 0.6) is 5.88 Å². The van der Waals surface area contributed by atoms with E-state index in [0.29, 0.717) is 35.1 Å². The average molecular weight is 373 g/mol. The standard InChI is InChI=1S/C17H19N5O3S/c1-23-9-12-15-11(21-16(18)26-15)6-7-22(12)17-19-8-13(25-17)10-4-3-5-14(20-10)24-2/h3-5,8,12H,6-7,9H2,1-2H3,(H2,18,21)/t12-/m0/s1. The molecule has 0 radical (unpaired) electrons. The summed E-state index contributed by atoms with van der Waals surface area (Å²) in [6, 6.07) is 6.02. The molecule has 136 valence electrons. The summed E-state index contributed by atoms with van der Waals surface area (Å²) >= 11 is 1.49. The Balaban J connectivity index is 1.66. The fraction of sp³-hybridized carbons (Fsp3) is 0.353. The predicted molar refractivity (Wildman–Crippen MR) is 98.5 cm³/mol. The topological polar surface area (TPSA) is 99.5 Å². The molecule has 4 rings (SSSR count). The normalized spacial score (nSPS) is 16.5. The summed E-state index contributed by atoms with van der Waals surface area (Å²) in [5.41, 5.74) is 7.60. The fourth-order valence-electron chi connectivity index (χ4n) is 3.08. The summed E-state index contributed by atoms with van der Waals surface area (Å²) in [4.78, 5) is 16.5. The molecule has 1 aliphatic heterocycles. The van der Waals surface area contributed by atoms with Gasteiger partial charge in [-0.1, -0.05) is 17.4 Å². The maximum Gasteiger partial charge on any atom is 0.298 e. The van der Waals surface area contributed by atoms with Gasteiger partial charge < -0.3 is 24.5 Å². The number of nitrogens with two attached hydrogens (primary N) is 1. The van der Waals surface area contributed by atoms with Crippen LogP contribution < -0.4 is 15.4 Å². The van der Waals surface area contributed by atoms with E-state index in [-0.39, 0.29) is 6.04 Å². The molecule has 3 aromatic heterocycles. The van der Waals surface area contributed by atoms with E-state index in [1.165, 1.54) is 11.3 Å². The Bertz CT molecular complexity index is 909. The van der Waals surface area contributed by atoms with E-state index < -0.39 is 0 Å². The number of thiazole rings is 1. The van der Waals surface area contributed by atoms with E-state index in [4.69, 9.17) is 19.6 Å². The summed E-state index contributed by atoms with van der Waals surface area (Å²) in [6.45, 7) is 1.24. The van der Waals surface area contributed by atoms with Gasteiger partial charge in [-0.05, 0) is 6.07 Å². The lowest BCUT2D eigenvalue weighted by atomic mass is 10.1. The largest absolute Gasteiger partial charge is 0.481 e. The molecular formula is C17H19N5O3S. The smallest absolute Gasteiger partial charge is 0.298 e. The summed E-state index contributed by atoms with van der Waals surface area (Å²) in [7, 11) is 3.26. The second-order valence-corrected chi connectivity index (χ2v) is 6.91. The lowest BCUT2D eigenvalue weighted by Gasteiger charge is -2.33. The minimum Gasteiger partial charge on any atom is -0.481 e. The molecular weight excluding hydrogens is 354 g/mol. The highest BCUT2D eigenvalue weighted by atomic mass is 32.1. The molecule has 0 aromatic carbocycles. The van der Waals surface area contributed by atoms with Crippen molar-refractivity contribution in [3.63, 3.8) is 0 Å². The fourth-order valence-corrected chi connectivity index (χ4v) is 4.06. The van der Waals surface area contributed by atoms with Gasteiger partial charge in [-0.3, -0.25) is 0 Å². The van der Waals surface area contributed by atoms with Crippen molar-refractivity contribution in [1.82, 2.24) is 15.0 Å². The van der Waals surface area contributed by atoms with Crippen molar-refractivity contribution >= 4 is 22.5 Å². The van der Waals surface area contributed by atoms with E-state index >= 15 is 0 Å². The molecule has 0 unspecified atom stereocenters. The van der Waals surface area contributed by atoms with Gasteiger partial charge in [-0.2, -0.15) is 0 Å². The number of nitrogens with zero attached hydrogens (tertiary/aromatic N) is 4. The first kappa shape index (κ1) is 16.8. The van der Waals surface area contributed by atoms with E-state index in [1.54, 1.807) is 26.5 Å². The number of anilines is 2. The second-order valence-electron chi connectivity index (χ2n) is 5.85. The van der Waals surface area contributed by atoms with Crippen LogP contribution in [0, 0.1) is 0 Å². The van der Waals surface area contributed by atoms with Crippen LogP contribution in [0.4, 0.5) is 11.1 Å². The molecule has 0 amide bonds. The van der Waals surface area contributed by atoms with Crippen LogP contribution in [0.25, 0.3) is 11.5 Å². The van der Waals surface area contributed by atoms with Gasteiger partial charge >= 0.3 is 0 Å². The Labute approximate surface area is 154 Å². The highest BCUT2D eigenvalue weighted by Gasteiger charge is 2.33. The Morgan fingerprint density at radius 1 is 1.35 bits per heavy atom. The highest BCUT2D eigenvalue weighted by Crippen LogP contribution is 2.38. The zero-order chi connectivity index (χ0) is 18.1. The maximum absolute atomic E-state index is 6.00. The zero-order valence-electron chi connectivity index (χ0n) is 14.5. The average Bonchev–Trinajstić information content (AvgIpc) is 3.28. The van der Waals surface area contributed by atoms with Crippen LogP contribution in [-0.2, 0) is 11.2 Å². The number of fused-ring (bicyclic) bond motifs is 1. The monoisotopic (exact) mass is 373 g/mol. The van der Waals surface area contributed by atoms with Gasteiger partial charge in [0, 0.05) is 26.1 Å². The number of nitrogen functional groups attached to an aromatic ring is 1. The minimum absolute atomic E-state index is 0.0247. The number of rotatable bonds is 5. The molecule has 0 bridgehead atoms. The van der Waals surface area contributed by atoms with Gasteiger partial charge in [0.15, 0.2) is 10.9 Å². The highest BCUT2D eigenvalue weighted by molar-refractivity contribution is 7.15. The van der Waals surface area contributed by atoms with Crippen LogP contribution in [0.3, 0.4) is 0 Å². The molecule has 8 nitrogen and oxygen atoms in total. The van der Waals surface area contributed by atoms with Crippen molar-refractivity contribution in [2.45, 2.75) is 12.5 Å². The number of oxazole rings is 1. The van der Waals surface area contributed by atoms with Crippen LogP contribution >= 0.6 is 11.3 Å². The molecule has 0 saturated heterocycles. The number of pyridine rings is 1. The van der Waals surface area contributed by atoms with E-state index in [2.05, 4.69) is 19.9 Å². The Kier molecular flexibility index (Phi) is 4.48. The first-order chi connectivity index (χ1) is 12.7. The molecule has 26 heavy (non-hydrogen) atoms. The summed E-state index contributed by atoms with van der Waals surface area (Å²) < 4.78 is 16.6. The maximum atomic E-state index is 6.00. The van der Waals surface area contributed by atoms with Gasteiger partial charge in [0.25, 0.3) is 6.01 Å². The zero-order valence-corrected chi connectivity index (χ0v) is 15.3. The number of aromatic nitrogens is 3. The van der Waals surface area contributed by atoms with E-state index in [9.17, 15) is 0 Å². The number of methoxy groups -OCH3 is 2. The molecule has 0 fully saturated rings. The van der Waals surface area contributed by atoms with Crippen LogP contribution in [0.15, 0.2) is 28.8 Å². The molecule has 0 aliphatic carbocycles. The van der Waals surface area contributed by atoms with Gasteiger partial charge in [0.05, 0.1) is 36.5 Å². The minimum atomic E-state index is -0.0247. The van der Waals surface area contributed by atoms with E-state index in [1.807, 2.05) is 12.1 Å². The van der Waals surface area contributed by atoms with Gasteiger partial charge in [0.1, 0.15) is 5.69 Å². The quantitative estimate of drug-likeness (QED) is 0.728. The Morgan fingerprint density at radius 2 is 2.23 bits per heavy atom. The third-order valence-electron chi connectivity index (χ3n) is 4.26. The number of hydrogen-bond acceptors (Lipinski definition) is 9. The SMILES string of the molecule is COC[C@H]1c2sc(N)nc2CCN1c1ncc(-c2cccc(OC)n2)o1. The first-order valence-corrected chi connectivity index (χ1v) is 8.99. The third kappa shape index (κ3) is 2.99. The lowest BCUT2D eigenvalue weighted by Crippen LogP contribution is -2.37. The Hall–Kier alpha value is -2.65. The molecule has 2 N–H and O–H groups in total. The van der Waals surface area contributed by atoms with E-state index in [0.717, 1.165) is 23.5 Å². The van der Waals surface area contributed by atoms with Crippen molar-refractivity contribution in [3.8, 4) is 17.3 Å². The van der Waals surface area contributed by atoms with Gasteiger partial charge in [0.2, 0.25) is 5.88 Å². The number of hydrogen-bond donors (Lipinski definition) is 1. The van der Waals surface area contributed by atoms with Crippen LogP contribution in [0.2, 0.25) is 0 Å².